The molecule has 13 heteroatoms. The normalized spacial score (nSPS) is 11.4. The van der Waals surface area contributed by atoms with Crippen molar-refractivity contribution in [3.63, 3.8) is 0 Å². The van der Waals surface area contributed by atoms with Gasteiger partial charge in [-0.05, 0) is 61.2 Å². The maximum absolute atomic E-state index is 13.5. The van der Waals surface area contributed by atoms with Crippen LogP contribution in [0.3, 0.4) is 0 Å². The molecule has 1 amide bonds. The van der Waals surface area contributed by atoms with E-state index in [9.17, 15) is 22.9 Å². The standard InChI is InChI=1S/C26H21Cl2N3O6S.Na/c1-3-37-21-9-8-16(27)12-20(21)29-26(33)19-11-15-6-4-5-7-18(15)24(25(19)32)31-30-23-14(2)10-17(28)13-22(23)38(34,35)36;/h4-13,32H,3H2,1-2H3,(H,29,33)(H,34,35,36);/q;+1/p-1. The van der Waals surface area contributed by atoms with E-state index < -0.39 is 26.7 Å². The molecule has 0 unspecified atom stereocenters. The zero-order valence-corrected chi connectivity index (χ0v) is 25.4. The number of azo groups is 1. The zero-order valence-electron chi connectivity index (χ0n) is 21.0. The minimum Gasteiger partial charge on any atom is -0.870 e. The first-order chi connectivity index (χ1) is 18.0. The maximum Gasteiger partial charge on any atom is 1.00 e. The number of aryl methyl sites for hydroxylation is 1. The molecular formula is C26H20Cl2N3NaO6S. The predicted octanol–water partition coefficient (Wildman–Crippen LogP) is 3.85. The van der Waals surface area contributed by atoms with E-state index in [1.807, 2.05) is 0 Å². The van der Waals surface area contributed by atoms with E-state index in [4.69, 9.17) is 27.9 Å². The minimum absolute atomic E-state index is 0. The van der Waals surface area contributed by atoms with Gasteiger partial charge in [0.25, 0.3) is 16.0 Å². The van der Waals surface area contributed by atoms with Crippen LogP contribution < -0.4 is 44.7 Å². The van der Waals surface area contributed by atoms with Crippen molar-refractivity contribution in [3.8, 4) is 11.5 Å². The molecule has 39 heavy (non-hydrogen) atoms. The average molecular weight is 596 g/mol. The summed E-state index contributed by atoms with van der Waals surface area (Å²) >= 11 is 12.0. The molecular weight excluding hydrogens is 576 g/mol. The first kappa shape index (κ1) is 30.8. The third kappa shape index (κ3) is 6.90. The van der Waals surface area contributed by atoms with Crippen LogP contribution in [0.25, 0.3) is 10.8 Å². The Bertz CT molecular complexity index is 1710. The zero-order chi connectivity index (χ0) is 27.6. The van der Waals surface area contributed by atoms with E-state index in [2.05, 4.69) is 15.5 Å². The number of halogens is 2. The van der Waals surface area contributed by atoms with Crippen molar-refractivity contribution in [1.29, 1.82) is 0 Å². The van der Waals surface area contributed by atoms with Gasteiger partial charge in [-0.3, -0.25) is 9.35 Å². The van der Waals surface area contributed by atoms with Crippen LogP contribution in [-0.4, -0.2) is 25.5 Å². The minimum atomic E-state index is -4.71. The Morgan fingerprint density at radius 2 is 1.72 bits per heavy atom. The first-order valence-electron chi connectivity index (χ1n) is 11.2. The van der Waals surface area contributed by atoms with Crippen molar-refractivity contribution in [2.45, 2.75) is 18.7 Å². The van der Waals surface area contributed by atoms with Crippen LogP contribution in [0.15, 0.2) is 75.8 Å². The summed E-state index contributed by atoms with van der Waals surface area (Å²) in [5.41, 5.74) is -0.0583. The summed E-state index contributed by atoms with van der Waals surface area (Å²) in [6.45, 7) is 3.65. The molecule has 4 aromatic rings. The molecule has 0 fully saturated rings. The van der Waals surface area contributed by atoms with Gasteiger partial charge in [0.05, 0.1) is 18.0 Å². The monoisotopic (exact) mass is 595 g/mol. The fourth-order valence-corrected chi connectivity index (χ4v) is 5.01. The third-order valence-corrected chi connectivity index (χ3v) is 6.79. The van der Waals surface area contributed by atoms with Gasteiger partial charge in [-0.1, -0.05) is 53.2 Å². The molecule has 0 saturated carbocycles. The van der Waals surface area contributed by atoms with Crippen LogP contribution in [0.1, 0.15) is 22.8 Å². The van der Waals surface area contributed by atoms with Crippen molar-refractivity contribution in [2.75, 3.05) is 11.9 Å². The topological polar surface area (TPSA) is 140 Å². The van der Waals surface area contributed by atoms with E-state index in [0.717, 1.165) is 6.07 Å². The van der Waals surface area contributed by atoms with Crippen LogP contribution in [0.5, 0.6) is 11.5 Å². The summed E-state index contributed by atoms with van der Waals surface area (Å²) < 4.78 is 39.0. The van der Waals surface area contributed by atoms with Crippen molar-refractivity contribution in [2.24, 2.45) is 10.2 Å². The quantitative estimate of drug-likeness (QED) is 0.189. The van der Waals surface area contributed by atoms with E-state index in [1.54, 1.807) is 43.3 Å². The molecule has 0 aliphatic carbocycles. The van der Waals surface area contributed by atoms with Crippen molar-refractivity contribution >= 4 is 67.1 Å². The molecule has 0 saturated heterocycles. The number of rotatable bonds is 7. The summed E-state index contributed by atoms with van der Waals surface area (Å²) in [6.07, 6.45) is 0. The number of amides is 1. The SMILES string of the molecule is CCOc1ccc(Cl)cc1NC(=O)c1cc2ccccc2c(N=Nc2c(C)cc(Cl)cc2S(=O)(=O)O)c1[O-].[Na+]. The van der Waals surface area contributed by atoms with Crippen LogP contribution in [0, 0.1) is 6.92 Å². The Kier molecular flexibility index (Phi) is 10.0. The van der Waals surface area contributed by atoms with Crippen molar-refractivity contribution in [1.82, 2.24) is 0 Å². The number of benzene rings is 4. The van der Waals surface area contributed by atoms with Gasteiger partial charge in [0.2, 0.25) is 0 Å². The summed E-state index contributed by atoms with van der Waals surface area (Å²) in [4.78, 5) is 12.7. The Morgan fingerprint density at radius 1 is 1.03 bits per heavy atom. The van der Waals surface area contributed by atoms with E-state index in [0.29, 0.717) is 33.7 Å². The Labute approximate surface area is 256 Å². The van der Waals surface area contributed by atoms with Gasteiger partial charge < -0.3 is 15.2 Å². The molecule has 4 rings (SSSR count). The van der Waals surface area contributed by atoms with Gasteiger partial charge in [0.1, 0.15) is 16.3 Å². The molecule has 0 aliphatic heterocycles. The van der Waals surface area contributed by atoms with Crippen molar-refractivity contribution in [3.05, 3.63) is 81.8 Å². The number of carbonyl (C=O) groups excluding carboxylic acids is 1. The summed E-state index contributed by atoms with van der Waals surface area (Å²) in [7, 11) is -4.71. The van der Waals surface area contributed by atoms with Gasteiger partial charge in [0.15, 0.2) is 0 Å². The van der Waals surface area contributed by atoms with Crippen molar-refractivity contribution < 1.29 is 57.2 Å². The molecule has 0 aromatic heterocycles. The van der Waals surface area contributed by atoms with Crippen LogP contribution >= 0.6 is 23.2 Å². The predicted molar refractivity (Wildman–Crippen MR) is 144 cm³/mol. The molecule has 9 nitrogen and oxygen atoms in total. The number of anilines is 1. The summed E-state index contributed by atoms with van der Waals surface area (Å²) in [6, 6.07) is 15.3. The number of nitrogens with zero attached hydrogens (tertiary/aromatic N) is 2. The maximum atomic E-state index is 13.5. The smallest absolute Gasteiger partial charge is 0.870 e. The van der Waals surface area contributed by atoms with Crippen LogP contribution in [-0.2, 0) is 10.1 Å². The second-order valence-electron chi connectivity index (χ2n) is 8.10. The molecule has 0 atom stereocenters. The number of ether oxygens (including phenoxy) is 1. The molecule has 196 valence electrons. The number of carbonyl (C=O) groups is 1. The fraction of sp³-hybridized carbons (Fsp3) is 0.115. The average Bonchev–Trinajstić information content (AvgIpc) is 2.85. The number of hydrogen-bond acceptors (Lipinski definition) is 7. The van der Waals surface area contributed by atoms with Gasteiger partial charge in [-0.25, -0.2) is 0 Å². The molecule has 0 bridgehead atoms. The summed E-state index contributed by atoms with van der Waals surface area (Å²) in [5.74, 6) is -1.11. The number of hydrogen-bond donors (Lipinski definition) is 2. The third-order valence-electron chi connectivity index (χ3n) is 5.47. The molecule has 0 heterocycles. The van der Waals surface area contributed by atoms with E-state index in [1.165, 1.54) is 25.1 Å². The van der Waals surface area contributed by atoms with E-state index >= 15 is 0 Å². The Balaban J connectivity index is 0.00000420. The summed E-state index contributed by atoms with van der Waals surface area (Å²) in [5, 5.41) is 25.5. The molecule has 0 aliphatic rings. The van der Waals surface area contributed by atoms with Crippen LogP contribution in [0.2, 0.25) is 10.0 Å². The first-order valence-corrected chi connectivity index (χ1v) is 13.3. The van der Waals surface area contributed by atoms with E-state index in [-0.39, 0.29) is 57.2 Å². The second-order valence-corrected chi connectivity index (χ2v) is 10.4. The van der Waals surface area contributed by atoms with Crippen LogP contribution in [0.4, 0.5) is 17.1 Å². The second kappa shape index (κ2) is 12.6. The largest absolute Gasteiger partial charge is 1.00 e. The van der Waals surface area contributed by atoms with Gasteiger partial charge in [-0.2, -0.15) is 13.5 Å². The molecule has 2 N–H and O–H groups in total. The van der Waals surface area contributed by atoms with Gasteiger partial charge in [-0.15, -0.1) is 5.11 Å². The molecule has 0 radical (unpaired) electrons. The van der Waals surface area contributed by atoms with Gasteiger partial charge in [0, 0.05) is 21.0 Å². The number of nitrogens with one attached hydrogen (secondary N) is 1. The molecule has 4 aromatic carbocycles. The number of fused-ring (bicyclic) bond motifs is 1. The van der Waals surface area contributed by atoms with Gasteiger partial charge >= 0.3 is 29.6 Å². The Hall–Kier alpha value is -2.70. The fourth-order valence-electron chi connectivity index (χ4n) is 3.78. The Morgan fingerprint density at radius 3 is 2.41 bits per heavy atom. The molecule has 0 spiro atoms.